The number of hydrogen-bond donors (Lipinski definition) is 2. The number of nitrogens with zero attached hydrogens (tertiary/aromatic N) is 3. The van der Waals surface area contributed by atoms with E-state index in [4.69, 9.17) is 21.7 Å². The van der Waals surface area contributed by atoms with Gasteiger partial charge in [0.15, 0.2) is 0 Å². The number of amides is 1. The number of carbonyl (C=O) groups excluding carboxylic acids is 1. The van der Waals surface area contributed by atoms with Crippen molar-refractivity contribution in [2.75, 3.05) is 19.7 Å². The van der Waals surface area contributed by atoms with Crippen LogP contribution in [0.15, 0.2) is 41.3 Å². The van der Waals surface area contributed by atoms with Gasteiger partial charge in [0.25, 0.3) is 5.91 Å². The van der Waals surface area contributed by atoms with Gasteiger partial charge in [-0.05, 0) is 31.5 Å². The maximum atomic E-state index is 13.9. The van der Waals surface area contributed by atoms with Gasteiger partial charge in [0.05, 0.1) is 41.0 Å². The highest BCUT2D eigenvalue weighted by atomic mass is 35.5. The molecule has 0 saturated carbocycles. The van der Waals surface area contributed by atoms with Gasteiger partial charge in [-0.15, -0.1) is 0 Å². The summed E-state index contributed by atoms with van der Waals surface area (Å²) in [7, 11) is 0. The Morgan fingerprint density at radius 3 is 2.68 bits per heavy atom. The van der Waals surface area contributed by atoms with Gasteiger partial charge in [0.1, 0.15) is 17.4 Å². The number of rotatable bonds is 6. The highest BCUT2D eigenvalue weighted by Crippen LogP contribution is 2.29. The van der Waals surface area contributed by atoms with Crippen molar-refractivity contribution in [3.8, 4) is 5.75 Å². The Bertz CT molecular complexity index is 1280. The molecule has 0 bridgehead atoms. The zero-order chi connectivity index (χ0) is 24.4. The van der Waals surface area contributed by atoms with Crippen LogP contribution in [0.3, 0.4) is 0 Å². The molecule has 2 N–H and O–H groups in total. The number of aryl methyl sites for hydroxylation is 2. The van der Waals surface area contributed by atoms with E-state index in [9.17, 15) is 14.0 Å². The molecule has 176 valence electrons. The predicted octanol–water partition coefficient (Wildman–Crippen LogP) is 3.46. The van der Waals surface area contributed by atoms with Gasteiger partial charge in [-0.2, -0.15) is 0 Å². The van der Waals surface area contributed by atoms with Gasteiger partial charge >= 0.3 is 0 Å². The molecule has 0 radical (unpaired) electrons. The van der Waals surface area contributed by atoms with Gasteiger partial charge in [0, 0.05) is 37.0 Å². The second-order valence-electron chi connectivity index (χ2n) is 8.13. The number of H-pyrrole nitrogens is 1. The van der Waals surface area contributed by atoms with E-state index in [0.717, 1.165) is 5.56 Å². The summed E-state index contributed by atoms with van der Waals surface area (Å²) in [4.78, 5) is 37.4. The van der Waals surface area contributed by atoms with Crippen LogP contribution in [0.1, 0.15) is 39.1 Å². The zero-order valence-corrected chi connectivity index (χ0v) is 19.4. The number of hydrogen-bond acceptors (Lipinski definition) is 6. The average molecular weight is 484 g/mol. The summed E-state index contributed by atoms with van der Waals surface area (Å²) in [5, 5.41) is 8.89. The maximum Gasteiger partial charge on any atom is 0.257 e. The molecule has 10 heteroatoms. The number of aromatic nitrogens is 3. The standard InChI is InChI=1S/C24H23ClFN5O3/c1-13-22(25)14(2)30-23(29-13)18-11-31(12-19(18)27)24(33)17-5-4-16(26)9-20(17)34-8-7-15-3-6-21(32)28-10-15/h3-6,9-10,18,27H,7-8,11-12H2,1-2H3,(H,28,32). The van der Waals surface area contributed by atoms with Crippen molar-refractivity contribution in [2.45, 2.75) is 26.2 Å². The summed E-state index contributed by atoms with van der Waals surface area (Å²) in [5.41, 5.74) is 2.41. The quantitative estimate of drug-likeness (QED) is 0.557. The fourth-order valence-electron chi connectivity index (χ4n) is 3.83. The van der Waals surface area contributed by atoms with Crippen molar-refractivity contribution >= 4 is 23.2 Å². The number of pyridine rings is 1. The molecule has 0 aliphatic carbocycles. The molecule has 1 fully saturated rings. The van der Waals surface area contributed by atoms with E-state index in [1.165, 1.54) is 29.2 Å². The maximum absolute atomic E-state index is 13.9. The van der Waals surface area contributed by atoms with E-state index in [2.05, 4.69) is 15.0 Å². The number of halogens is 2. The van der Waals surface area contributed by atoms with Crippen LogP contribution >= 0.6 is 11.6 Å². The second kappa shape index (κ2) is 9.72. The number of carbonyl (C=O) groups is 1. The Morgan fingerprint density at radius 2 is 2.00 bits per heavy atom. The first-order chi connectivity index (χ1) is 16.2. The lowest BCUT2D eigenvalue weighted by Gasteiger charge is -2.18. The zero-order valence-electron chi connectivity index (χ0n) is 18.7. The van der Waals surface area contributed by atoms with Crippen LogP contribution in [-0.4, -0.2) is 51.2 Å². The summed E-state index contributed by atoms with van der Waals surface area (Å²) in [6, 6.07) is 6.86. The van der Waals surface area contributed by atoms with Gasteiger partial charge in [-0.25, -0.2) is 14.4 Å². The molecule has 8 nitrogen and oxygen atoms in total. The normalized spacial score (nSPS) is 15.6. The average Bonchev–Trinajstić information content (AvgIpc) is 3.20. The fraction of sp³-hybridized carbons (Fsp3) is 0.292. The third-order valence-electron chi connectivity index (χ3n) is 5.65. The SMILES string of the molecule is Cc1nc(C2CN(C(=O)c3ccc(F)cc3OCCc3ccc(=O)[nH]c3)CC2=N)nc(C)c1Cl. The minimum atomic E-state index is -0.525. The van der Waals surface area contributed by atoms with Gasteiger partial charge in [-0.1, -0.05) is 17.7 Å². The van der Waals surface area contributed by atoms with Gasteiger partial charge in [-0.3, -0.25) is 9.59 Å². The van der Waals surface area contributed by atoms with Crippen LogP contribution in [0, 0.1) is 25.1 Å². The van der Waals surface area contributed by atoms with Crippen LogP contribution in [0.2, 0.25) is 5.02 Å². The van der Waals surface area contributed by atoms with E-state index < -0.39 is 11.7 Å². The fourth-order valence-corrected chi connectivity index (χ4v) is 3.91. The van der Waals surface area contributed by atoms with E-state index in [0.29, 0.717) is 34.4 Å². The Labute approximate surface area is 200 Å². The highest BCUT2D eigenvalue weighted by Gasteiger charge is 2.35. The summed E-state index contributed by atoms with van der Waals surface area (Å²) >= 11 is 6.17. The van der Waals surface area contributed by atoms with Crippen LogP contribution in [0.5, 0.6) is 5.75 Å². The lowest BCUT2D eigenvalue weighted by atomic mass is 10.1. The monoisotopic (exact) mass is 483 g/mol. The van der Waals surface area contributed by atoms with E-state index >= 15 is 0 Å². The molecule has 1 aromatic carbocycles. The molecule has 3 aromatic rings. The van der Waals surface area contributed by atoms with Crippen molar-refractivity contribution in [3.63, 3.8) is 0 Å². The van der Waals surface area contributed by atoms with Gasteiger partial charge < -0.3 is 20.0 Å². The van der Waals surface area contributed by atoms with Crippen LogP contribution < -0.4 is 10.3 Å². The van der Waals surface area contributed by atoms with Crippen molar-refractivity contribution in [2.24, 2.45) is 0 Å². The van der Waals surface area contributed by atoms with Crippen LogP contribution in [-0.2, 0) is 6.42 Å². The molecular formula is C24H23ClFN5O3. The summed E-state index contributed by atoms with van der Waals surface area (Å²) in [6.45, 7) is 4.08. The Kier molecular flexibility index (Phi) is 6.74. The van der Waals surface area contributed by atoms with Crippen molar-refractivity contribution in [1.29, 1.82) is 5.41 Å². The number of benzene rings is 1. The molecular weight excluding hydrogens is 461 g/mol. The third-order valence-corrected chi connectivity index (χ3v) is 6.20. The minimum Gasteiger partial charge on any atom is -0.492 e. The molecule has 1 aliphatic rings. The Morgan fingerprint density at radius 1 is 1.26 bits per heavy atom. The largest absolute Gasteiger partial charge is 0.492 e. The molecule has 1 saturated heterocycles. The molecule has 0 spiro atoms. The molecule has 1 atom stereocenters. The van der Waals surface area contributed by atoms with Crippen LogP contribution in [0.25, 0.3) is 0 Å². The minimum absolute atomic E-state index is 0.113. The van der Waals surface area contributed by atoms with Crippen molar-refractivity contribution in [1.82, 2.24) is 19.9 Å². The molecule has 4 rings (SSSR count). The summed E-state index contributed by atoms with van der Waals surface area (Å²) < 4.78 is 19.7. The van der Waals surface area contributed by atoms with E-state index in [1.807, 2.05) is 0 Å². The lowest BCUT2D eigenvalue weighted by Crippen LogP contribution is -2.29. The van der Waals surface area contributed by atoms with E-state index in [-0.39, 0.29) is 42.5 Å². The Hall–Kier alpha value is -3.59. The topological polar surface area (TPSA) is 112 Å². The molecule has 2 aromatic heterocycles. The first-order valence-electron chi connectivity index (χ1n) is 10.7. The first-order valence-corrected chi connectivity index (χ1v) is 11.1. The molecule has 34 heavy (non-hydrogen) atoms. The predicted molar refractivity (Wildman–Crippen MR) is 126 cm³/mol. The number of aromatic amines is 1. The molecule has 3 heterocycles. The van der Waals surface area contributed by atoms with Gasteiger partial charge in [0.2, 0.25) is 5.56 Å². The number of nitrogens with one attached hydrogen (secondary N) is 2. The third kappa shape index (κ3) is 4.99. The molecule has 1 aliphatic heterocycles. The van der Waals surface area contributed by atoms with E-state index in [1.54, 1.807) is 26.1 Å². The molecule has 1 amide bonds. The number of likely N-dealkylation sites (tertiary alicyclic amines) is 1. The highest BCUT2D eigenvalue weighted by molar-refractivity contribution is 6.31. The smallest absolute Gasteiger partial charge is 0.257 e. The molecule has 1 unspecified atom stereocenters. The van der Waals surface area contributed by atoms with Crippen molar-refractivity contribution < 1.29 is 13.9 Å². The lowest BCUT2D eigenvalue weighted by molar-refractivity contribution is 0.0790. The summed E-state index contributed by atoms with van der Waals surface area (Å²) in [5.74, 6) is -0.754. The second-order valence-corrected chi connectivity index (χ2v) is 8.51. The van der Waals surface area contributed by atoms with Crippen LogP contribution in [0.4, 0.5) is 4.39 Å². The summed E-state index contributed by atoms with van der Waals surface area (Å²) in [6.07, 6.45) is 2.05. The van der Waals surface area contributed by atoms with Crippen molar-refractivity contribution in [3.05, 3.63) is 86.1 Å². The Balaban J connectivity index is 1.50. The number of ether oxygens (including phenoxy) is 1. The first kappa shape index (κ1) is 23.6.